The minimum atomic E-state index is -0.0784. The maximum atomic E-state index is 12.9. The van der Waals surface area contributed by atoms with Gasteiger partial charge in [-0.1, -0.05) is 12.8 Å². The first-order valence-electron chi connectivity index (χ1n) is 11.6. The Balaban J connectivity index is 1.42. The van der Waals surface area contributed by atoms with Gasteiger partial charge in [0, 0.05) is 57.7 Å². The first-order chi connectivity index (χ1) is 14.2. The Morgan fingerprint density at radius 3 is 2.59 bits per heavy atom. The third-order valence-electron chi connectivity index (χ3n) is 7.47. The minimum Gasteiger partial charge on any atom is -0.383 e. The van der Waals surface area contributed by atoms with E-state index in [1.54, 1.807) is 7.11 Å². The van der Waals surface area contributed by atoms with Gasteiger partial charge in [0.15, 0.2) is 0 Å². The summed E-state index contributed by atoms with van der Waals surface area (Å²) in [5.74, 6) is 0.912. The van der Waals surface area contributed by atoms with Crippen LogP contribution in [0, 0.1) is 11.8 Å². The zero-order chi connectivity index (χ0) is 20.2. The molecule has 7 heteroatoms. The quantitative estimate of drug-likeness (QED) is 0.616. The van der Waals surface area contributed by atoms with E-state index in [0.29, 0.717) is 56.5 Å². The van der Waals surface area contributed by atoms with Gasteiger partial charge >= 0.3 is 0 Å². The lowest BCUT2D eigenvalue weighted by atomic mass is 9.84. The number of carbonyl (C=O) groups is 2. The molecule has 1 aliphatic carbocycles. The Morgan fingerprint density at radius 2 is 1.86 bits per heavy atom. The average molecular weight is 408 g/mol. The highest BCUT2D eigenvalue weighted by molar-refractivity contribution is 5.77. The lowest BCUT2D eigenvalue weighted by Gasteiger charge is -2.29. The summed E-state index contributed by atoms with van der Waals surface area (Å²) >= 11 is 0. The number of hydrogen-bond acceptors (Lipinski definition) is 5. The van der Waals surface area contributed by atoms with Gasteiger partial charge in [0.2, 0.25) is 11.8 Å². The summed E-state index contributed by atoms with van der Waals surface area (Å²) in [5, 5.41) is 2.92. The third-order valence-corrected chi connectivity index (χ3v) is 7.47. The molecule has 3 heterocycles. The van der Waals surface area contributed by atoms with Crippen molar-refractivity contribution in [3.05, 3.63) is 0 Å². The van der Waals surface area contributed by atoms with Gasteiger partial charge in [-0.05, 0) is 31.6 Å². The fourth-order valence-electron chi connectivity index (χ4n) is 6.07. The number of hydrogen-bond donors (Lipinski definition) is 1. The number of fused-ring (bicyclic) bond motifs is 1. The number of nitrogens with one attached hydrogen (secondary N) is 1. The van der Waals surface area contributed by atoms with Gasteiger partial charge < -0.3 is 19.7 Å². The summed E-state index contributed by atoms with van der Waals surface area (Å²) < 4.78 is 11.2. The lowest BCUT2D eigenvalue weighted by molar-refractivity contribution is -0.131. The summed E-state index contributed by atoms with van der Waals surface area (Å²) in [7, 11) is 1.63. The Labute approximate surface area is 174 Å². The third kappa shape index (κ3) is 4.78. The van der Waals surface area contributed by atoms with Gasteiger partial charge in [-0.2, -0.15) is 0 Å². The number of nitrogens with zero attached hydrogens (tertiary/aromatic N) is 2. The molecule has 7 nitrogen and oxygen atoms in total. The maximum absolute atomic E-state index is 12.9. The van der Waals surface area contributed by atoms with Crippen LogP contribution in [0.25, 0.3) is 0 Å². The normalized spacial score (nSPS) is 32.8. The van der Waals surface area contributed by atoms with Crippen LogP contribution in [0.4, 0.5) is 0 Å². The van der Waals surface area contributed by atoms with E-state index in [1.165, 1.54) is 25.7 Å². The standard InChI is InChI=1S/C22H37N3O4/c1-28-11-8-23-20(26)13-19-22-16(12-21(27)24-9-4-5-10-24)14-25(18(22)15-29-19)17-6-2-3-7-17/h16-19,22H,2-15H2,1H3,(H,23,26)/t16-,18-,19+,22-/m1/s1. The molecular formula is C22H37N3O4. The van der Waals surface area contributed by atoms with E-state index in [2.05, 4.69) is 10.2 Å². The number of rotatable bonds is 8. The molecule has 4 rings (SSSR count). The largest absolute Gasteiger partial charge is 0.383 e. The van der Waals surface area contributed by atoms with Crippen molar-refractivity contribution in [2.75, 3.05) is 46.5 Å². The summed E-state index contributed by atoms with van der Waals surface area (Å²) in [6, 6.07) is 0.999. The van der Waals surface area contributed by atoms with Crippen molar-refractivity contribution in [2.45, 2.75) is 69.6 Å². The molecule has 0 spiro atoms. The molecule has 1 saturated carbocycles. The first kappa shape index (κ1) is 21.1. The van der Waals surface area contributed by atoms with Gasteiger partial charge in [-0.25, -0.2) is 0 Å². The minimum absolute atomic E-state index is 0.0247. The van der Waals surface area contributed by atoms with Crippen LogP contribution in [0.15, 0.2) is 0 Å². The first-order valence-corrected chi connectivity index (χ1v) is 11.6. The van der Waals surface area contributed by atoms with Crippen molar-refractivity contribution < 1.29 is 19.1 Å². The van der Waals surface area contributed by atoms with Gasteiger partial charge in [0.05, 0.1) is 25.7 Å². The second-order valence-corrected chi connectivity index (χ2v) is 9.25. The monoisotopic (exact) mass is 407 g/mol. The van der Waals surface area contributed by atoms with Gasteiger partial charge in [-0.15, -0.1) is 0 Å². The highest BCUT2D eigenvalue weighted by Crippen LogP contribution is 2.44. The molecule has 0 aromatic heterocycles. The predicted molar refractivity (Wildman–Crippen MR) is 109 cm³/mol. The number of carbonyl (C=O) groups excluding carboxylic acids is 2. The average Bonchev–Trinajstić information content (AvgIpc) is 3.49. The topological polar surface area (TPSA) is 71.1 Å². The number of methoxy groups -OCH3 is 1. The van der Waals surface area contributed by atoms with Crippen LogP contribution in [0.1, 0.15) is 51.4 Å². The zero-order valence-corrected chi connectivity index (χ0v) is 17.8. The number of likely N-dealkylation sites (tertiary alicyclic amines) is 2. The molecule has 0 unspecified atom stereocenters. The molecular weight excluding hydrogens is 370 g/mol. The van der Waals surface area contributed by atoms with Crippen molar-refractivity contribution in [2.24, 2.45) is 11.8 Å². The molecule has 1 N–H and O–H groups in total. The molecule has 0 aromatic carbocycles. The van der Waals surface area contributed by atoms with E-state index in [1.807, 2.05) is 4.90 Å². The van der Waals surface area contributed by atoms with Crippen LogP contribution in [-0.4, -0.2) is 86.3 Å². The predicted octanol–water partition coefficient (Wildman–Crippen LogP) is 1.41. The lowest BCUT2D eigenvalue weighted by Crippen LogP contribution is -2.40. The van der Waals surface area contributed by atoms with Crippen LogP contribution in [-0.2, 0) is 19.1 Å². The molecule has 164 valence electrons. The van der Waals surface area contributed by atoms with E-state index in [4.69, 9.17) is 9.47 Å². The molecule has 4 atom stereocenters. The smallest absolute Gasteiger partial charge is 0.222 e. The molecule has 4 aliphatic rings. The van der Waals surface area contributed by atoms with Crippen LogP contribution in [0.2, 0.25) is 0 Å². The summed E-state index contributed by atoms with van der Waals surface area (Å²) in [6.07, 6.45) is 8.31. The van der Waals surface area contributed by atoms with Crippen molar-refractivity contribution in [1.29, 1.82) is 0 Å². The van der Waals surface area contributed by atoms with Crippen molar-refractivity contribution in [3.8, 4) is 0 Å². The Hall–Kier alpha value is -1.18. The van der Waals surface area contributed by atoms with Gasteiger partial charge in [0.25, 0.3) is 0 Å². The van der Waals surface area contributed by atoms with Gasteiger partial charge in [0.1, 0.15) is 0 Å². The second kappa shape index (κ2) is 9.75. The van der Waals surface area contributed by atoms with Crippen LogP contribution in [0.3, 0.4) is 0 Å². The molecule has 2 amide bonds. The Kier molecular flexibility index (Phi) is 7.08. The summed E-state index contributed by atoms with van der Waals surface area (Å²) in [4.78, 5) is 30.0. The van der Waals surface area contributed by atoms with E-state index in [-0.39, 0.29) is 17.9 Å². The molecule has 0 radical (unpaired) electrons. The van der Waals surface area contributed by atoms with Crippen molar-refractivity contribution >= 4 is 11.8 Å². The highest BCUT2D eigenvalue weighted by Gasteiger charge is 2.53. The molecule has 29 heavy (non-hydrogen) atoms. The molecule has 4 fully saturated rings. The van der Waals surface area contributed by atoms with Crippen molar-refractivity contribution in [1.82, 2.24) is 15.1 Å². The molecule has 3 aliphatic heterocycles. The van der Waals surface area contributed by atoms with Crippen LogP contribution < -0.4 is 5.32 Å². The Bertz CT molecular complexity index is 574. The molecule has 0 bridgehead atoms. The van der Waals surface area contributed by atoms with E-state index < -0.39 is 0 Å². The fraction of sp³-hybridized carbons (Fsp3) is 0.909. The van der Waals surface area contributed by atoms with Crippen LogP contribution in [0.5, 0.6) is 0 Å². The fourth-order valence-corrected chi connectivity index (χ4v) is 6.07. The Morgan fingerprint density at radius 1 is 1.10 bits per heavy atom. The van der Waals surface area contributed by atoms with E-state index in [9.17, 15) is 9.59 Å². The zero-order valence-electron chi connectivity index (χ0n) is 17.8. The molecule has 0 aromatic rings. The van der Waals surface area contributed by atoms with E-state index >= 15 is 0 Å². The molecule has 3 saturated heterocycles. The summed E-state index contributed by atoms with van der Waals surface area (Å²) in [6.45, 7) is 4.56. The number of ether oxygens (including phenoxy) is 2. The van der Waals surface area contributed by atoms with Crippen molar-refractivity contribution in [3.63, 3.8) is 0 Å². The van der Waals surface area contributed by atoms with Gasteiger partial charge in [-0.3, -0.25) is 14.5 Å². The van der Waals surface area contributed by atoms with Crippen LogP contribution >= 0.6 is 0 Å². The van der Waals surface area contributed by atoms with E-state index in [0.717, 1.165) is 32.5 Å². The maximum Gasteiger partial charge on any atom is 0.222 e. The number of amides is 2. The summed E-state index contributed by atoms with van der Waals surface area (Å²) in [5.41, 5.74) is 0. The highest BCUT2D eigenvalue weighted by atomic mass is 16.5. The second-order valence-electron chi connectivity index (χ2n) is 9.25. The SMILES string of the molecule is COCCNC(=O)C[C@@H]1OC[C@@H]2[C@H]1[C@H](CC(=O)N1CCCC1)CN2C1CCCC1.